The predicted molar refractivity (Wildman–Crippen MR) is 107 cm³/mol. The summed E-state index contributed by atoms with van der Waals surface area (Å²) in [6.45, 7) is 8.03. The molecule has 4 unspecified atom stereocenters. The minimum atomic E-state index is -1.32. The summed E-state index contributed by atoms with van der Waals surface area (Å²) >= 11 is 0. The van der Waals surface area contributed by atoms with Crippen LogP contribution in [0.5, 0.6) is 0 Å². The highest BCUT2D eigenvalue weighted by Crippen LogP contribution is 2.57. The minimum absolute atomic E-state index is 0.0985. The summed E-state index contributed by atoms with van der Waals surface area (Å²) < 4.78 is 0. The van der Waals surface area contributed by atoms with Crippen molar-refractivity contribution in [1.82, 2.24) is 0 Å². The SMILES string of the molecule is CC1C=CC(C)(C(O)(c2ccccc2)c2ccccc2)C(C)(N)C1(C)N. The molecule has 26 heavy (non-hydrogen) atoms. The van der Waals surface area contributed by atoms with Gasteiger partial charge in [-0.3, -0.25) is 0 Å². The topological polar surface area (TPSA) is 72.3 Å². The molecular formula is C23H30N2O. The first-order valence-electron chi connectivity index (χ1n) is 9.19. The Morgan fingerprint density at radius 1 is 0.846 bits per heavy atom. The van der Waals surface area contributed by atoms with E-state index in [0.717, 1.165) is 11.1 Å². The van der Waals surface area contributed by atoms with Gasteiger partial charge in [0.25, 0.3) is 0 Å². The summed E-state index contributed by atoms with van der Waals surface area (Å²) in [7, 11) is 0. The molecule has 2 aromatic rings. The Labute approximate surface area is 156 Å². The van der Waals surface area contributed by atoms with Crippen LogP contribution < -0.4 is 11.5 Å². The van der Waals surface area contributed by atoms with Crippen LogP contribution in [-0.4, -0.2) is 16.2 Å². The molecule has 0 saturated heterocycles. The Hall–Kier alpha value is -1.94. The highest BCUT2D eigenvalue weighted by Gasteiger charge is 2.64. The largest absolute Gasteiger partial charge is 0.379 e. The molecular weight excluding hydrogens is 320 g/mol. The van der Waals surface area contributed by atoms with Crippen LogP contribution in [-0.2, 0) is 5.60 Å². The van der Waals surface area contributed by atoms with Gasteiger partial charge in [0.2, 0.25) is 0 Å². The minimum Gasteiger partial charge on any atom is -0.379 e. The van der Waals surface area contributed by atoms with Crippen LogP contribution in [0.25, 0.3) is 0 Å². The molecule has 0 radical (unpaired) electrons. The molecule has 3 rings (SSSR count). The van der Waals surface area contributed by atoms with E-state index in [9.17, 15) is 5.11 Å². The lowest BCUT2D eigenvalue weighted by Gasteiger charge is -2.61. The second-order valence-electron chi connectivity index (χ2n) is 8.28. The molecule has 2 aromatic carbocycles. The van der Waals surface area contributed by atoms with Crippen LogP contribution in [0.4, 0.5) is 0 Å². The number of hydrogen-bond donors (Lipinski definition) is 3. The van der Waals surface area contributed by atoms with Crippen molar-refractivity contribution in [2.75, 3.05) is 0 Å². The summed E-state index contributed by atoms with van der Waals surface area (Å²) in [5.41, 5.74) is 11.6. The smallest absolute Gasteiger partial charge is 0.125 e. The average molecular weight is 351 g/mol. The zero-order valence-corrected chi connectivity index (χ0v) is 16.1. The first-order valence-corrected chi connectivity index (χ1v) is 9.19. The van der Waals surface area contributed by atoms with Crippen LogP contribution in [0.2, 0.25) is 0 Å². The van der Waals surface area contributed by atoms with Crippen molar-refractivity contribution >= 4 is 0 Å². The lowest BCUT2D eigenvalue weighted by molar-refractivity contribution is -0.0881. The first-order chi connectivity index (χ1) is 12.1. The highest BCUT2D eigenvalue weighted by atomic mass is 16.3. The molecule has 0 saturated carbocycles. The maximum Gasteiger partial charge on any atom is 0.125 e. The van der Waals surface area contributed by atoms with Crippen molar-refractivity contribution in [2.24, 2.45) is 22.8 Å². The second-order valence-corrected chi connectivity index (χ2v) is 8.28. The van der Waals surface area contributed by atoms with Gasteiger partial charge >= 0.3 is 0 Å². The molecule has 4 atom stereocenters. The van der Waals surface area contributed by atoms with Gasteiger partial charge in [-0.2, -0.15) is 0 Å². The van der Waals surface area contributed by atoms with Gasteiger partial charge in [0.05, 0.1) is 0 Å². The Morgan fingerprint density at radius 3 is 1.69 bits per heavy atom. The van der Waals surface area contributed by atoms with Gasteiger partial charge in [0.1, 0.15) is 5.60 Å². The molecule has 0 aliphatic heterocycles. The van der Waals surface area contributed by atoms with E-state index in [1.165, 1.54) is 0 Å². The molecule has 138 valence electrons. The summed E-state index contributed by atoms with van der Waals surface area (Å²) in [5.74, 6) is 0.0985. The number of benzene rings is 2. The van der Waals surface area contributed by atoms with Crippen LogP contribution in [0, 0.1) is 11.3 Å². The van der Waals surface area contributed by atoms with Gasteiger partial charge in [-0.1, -0.05) is 86.7 Å². The van der Waals surface area contributed by atoms with E-state index in [4.69, 9.17) is 11.5 Å². The Kier molecular flexibility index (Phi) is 4.39. The quantitative estimate of drug-likeness (QED) is 0.741. The van der Waals surface area contributed by atoms with Gasteiger partial charge in [-0.25, -0.2) is 0 Å². The molecule has 3 heteroatoms. The molecule has 0 aromatic heterocycles. The first kappa shape index (κ1) is 18.8. The van der Waals surface area contributed by atoms with Crippen molar-refractivity contribution in [3.8, 4) is 0 Å². The van der Waals surface area contributed by atoms with E-state index in [1.54, 1.807) is 0 Å². The molecule has 0 spiro atoms. The van der Waals surface area contributed by atoms with E-state index in [2.05, 4.69) is 19.1 Å². The Bertz CT molecular complexity index is 756. The maximum atomic E-state index is 12.3. The van der Waals surface area contributed by atoms with Gasteiger partial charge < -0.3 is 16.6 Å². The summed E-state index contributed by atoms with van der Waals surface area (Å²) in [6.07, 6.45) is 4.15. The summed E-state index contributed by atoms with van der Waals surface area (Å²) in [6, 6.07) is 19.5. The van der Waals surface area contributed by atoms with E-state index >= 15 is 0 Å². The Morgan fingerprint density at radius 2 is 1.27 bits per heavy atom. The fraction of sp³-hybridized carbons (Fsp3) is 0.391. The summed E-state index contributed by atoms with van der Waals surface area (Å²) in [5, 5.41) is 12.3. The molecule has 5 N–H and O–H groups in total. The third kappa shape index (κ3) is 2.31. The molecule has 3 nitrogen and oxygen atoms in total. The molecule has 0 heterocycles. The maximum absolute atomic E-state index is 12.3. The van der Waals surface area contributed by atoms with Crippen molar-refractivity contribution in [1.29, 1.82) is 0 Å². The lowest BCUT2D eigenvalue weighted by Crippen LogP contribution is -2.77. The molecule has 1 aliphatic rings. The molecule has 0 bridgehead atoms. The van der Waals surface area contributed by atoms with E-state index in [0.29, 0.717) is 0 Å². The molecule has 0 fully saturated rings. The fourth-order valence-corrected chi connectivity index (χ4v) is 4.36. The van der Waals surface area contributed by atoms with Crippen LogP contribution in [0.3, 0.4) is 0 Å². The zero-order chi connectivity index (χ0) is 19.2. The molecule has 0 amide bonds. The van der Waals surface area contributed by atoms with Crippen LogP contribution in [0.15, 0.2) is 72.8 Å². The highest BCUT2D eigenvalue weighted by molar-refractivity contribution is 5.45. The number of aliphatic hydroxyl groups is 1. The van der Waals surface area contributed by atoms with Crippen LogP contribution >= 0.6 is 0 Å². The van der Waals surface area contributed by atoms with E-state index in [-0.39, 0.29) is 5.92 Å². The van der Waals surface area contributed by atoms with Gasteiger partial charge in [-0.05, 0) is 30.9 Å². The third-order valence-corrected chi connectivity index (χ3v) is 7.00. The number of hydrogen-bond acceptors (Lipinski definition) is 3. The van der Waals surface area contributed by atoms with E-state index in [1.807, 2.05) is 81.4 Å². The number of rotatable bonds is 3. The number of nitrogens with two attached hydrogens (primary N) is 2. The second kappa shape index (κ2) is 6.05. The van der Waals surface area contributed by atoms with Gasteiger partial charge in [0, 0.05) is 16.5 Å². The van der Waals surface area contributed by atoms with Crippen molar-refractivity contribution < 1.29 is 5.11 Å². The lowest BCUT2D eigenvalue weighted by atomic mass is 9.48. The van der Waals surface area contributed by atoms with Crippen molar-refractivity contribution in [3.05, 3.63) is 83.9 Å². The van der Waals surface area contributed by atoms with E-state index < -0.39 is 22.1 Å². The van der Waals surface area contributed by atoms with Gasteiger partial charge in [0.15, 0.2) is 0 Å². The average Bonchev–Trinajstić information content (AvgIpc) is 2.65. The molecule has 1 aliphatic carbocycles. The van der Waals surface area contributed by atoms with Crippen molar-refractivity contribution in [3.63, 3.8) is 0 Å². The third-order valence-electron chi connectivity index (χ3n) is 7.00. The fourth-order valence-electron chi connectivity index (χ4n) is 4.36. The van der Waals surface area contributed by atoms with Crippen LogP contribution in [0.1, 0.15) is 38.8 Å². The Balaban J connectivity index is 2.35. The monoisotopic (exact) mass is 350 g/mol. The van der Waals surface area contributed by atoms with Gasteiger partial charge in [-0.15, -0.1) is 0 Å². The normalized spacial score (nSPS) is 34.7. The predicted octanol–water partition coefficient (Wildman–Crippen LogP) is 3.57. The zero-order valence-electron chi connectivity index (χ0n) is 16.1. The van der Waals surface area contributed by atoms with Crippen molar-refractivity contribution in [2.45, 2.75) is 44.4 Å². The standard InChI is InChI=1S/C23H30N2O/c1-17-15-16-20(2,22(4,25)21(17,3)24)23(26,18-11-7-5-8-12-18)19-13-9-6-10-14-19/h5-17,26H,24-25H2,1-4H3. The summed E-state index contributed by atoms with van der Waals surface area (Å²) in [4.78, 5) is 0.